The number of nitrogens with zero attached hydrogens (tertiary/aromatic N) is 4. The molecule has 0 saturated carbocycles. The van der Waals surface area contributed by atoms with Gasteiger partial charge in [0.25, 0.3) is 17.4 Å². The molecule has 1 heterocycles. The number of nitrogens with one attached hydrogen (secondary N) is 1. The molecule has 114 valence electrons. The molecule has 0 aliphatic rings. The number of ether oxygens (including phenoxy) is 2. The highest BCUT2D eigenvalue weighted by atomic mass is 16.6. The number of non-ortho nitro benzene ring substituents is 1. The molecule has 1 N–H and O–H groups in total. The molecule has 0 bridgehead atoms. The van der Waals surface area contributed by atoms with E-state index < -0.39 is 4.92 Å². The maximum atomic E-state index is 11.0. The van der Waals surface area contributed by atoms with Crippen LogP contribution in [0.4, 0.5) is 5.69 Å². The Morgan fingerprint density at radius 1 is 1.32 bits per heavy atom. The molecule has 0 spiro atoms. The molecule has 0 amide bonds. The summed E-state index contributed by atoms with van der Waals surface area (Å²) in [6.45, 7) is 0.362. The Bertz CT molecular complexity index is 756. The Balaban J connectivity index is 2.62. The summed E-state index contributed by atoms with van der Waals surface area (Å²) in [5.41, 5.74) is 1.21. The number of hydrogen-bond donors (Lipinski definition) is 1. The average molecular weight is 303 g/mol. The summed E-state index contributed by atoms with van der Waals surface area (Å²) in [5.74, 6) is 0.330. The van der Waals surface area contributed by atoms with Gasteiger partial charge in [-0.05, 0) is 0 Å². The molecule has 0 saturated heterocycles. The first-order valence-corrected chi connectivity index (χ1v) is 6.25. The number of methoxy groups -OCH3 is 2. The lowest BCUT2D eigenvalue weighted by molar-refractivity contribution is -0.384. The van der Waals surface area contributed by atoms with Crippen LogP contribution in [-0.2, 0) is 6.54 Å². The van der Waals surface area contributed by atoms with E-state index in [4.69, 9.17) is 14.7 Å². The number of nitriles is 1. The van der Waals surface area contributed by atoms with Gasteiger partial charge in [-0.1, -0.05) is 0 Å². The van der Waals surface area contributed by atoms with Crippen molar-refractivity contribution >= 4 is 16.7 Å². The van der Waals surface area contributed by atoms with Crippen LogP contribution in [0, 0.1) is 21.4 Å². The second kappa shape index (κ2) is 6.64. The van der Waals surface area contributed by atoms with E-state index in [-0.39, 0.29) is 30.5 Å². The fraction of sp³-hybridized carbons (Fsp3) is 0.308. The predicted molar refractivity (Wildman–Crippen MR) is 76.6 cm³/mol. The summed E-state index contributed by atoms with van der Waals surface area (Å²) in [6.07, 6.45) is 0. The molecule has 22 heavy (non-hydrogen) atoms. The molecule has 0 radical (unpaired) electrons. The summed E-state index contributed by atoms with van der Waals surface area (Å²) in [4.78, 5) is 19.0. The zero-order valence-electron chi connectivity index (χ0n) is 12.0. The molecule has 2 rings (SSSR count). The van der Waals surface area contributed by atoms with E-state index >= 15 is 0 Å². The third-order valence-electron chi connectivity index (χ3n) is 2.89. The summed E-state index contributed by atoms with van der Waals surface area (Å²) in [6, 6.07) is 4.65. The van der Waals surface area contributed by atoms with Crippen molar-refractivity contribution in [2.45, 2.75) is 6.54 Å². The normalized spacial score (nSPS) is 10.2. The van der Waals surface area contributed by atoms with Gasteiger partial charge in [0.2, 0.25) is 0 Å². The number of hydrogen-bond acceptors (Lipinski definition) is 8. The maximum Gasteiger partial charge on any atom is 0.278 e. The van der Waals surface area contributed by atoms with Gasteiger partial charge in [0.05, 0.1) is 37.3 Å². The van der Waals surface area contributed by atoms with Gasteiger partial charge in [-0.25, -0.2) is 9.97 Å². The van der Waals surface area contributed by atoms with Crippen molar-refractivity contribution in [3.8, 4) is 17.8 Å². The van der Waals surface area contributed by atoms with Crippen LogP contribution in [0.1, 0.15) is 5.56 Å². The quantitative estimate of drug-likeness (QED) is 0.365. The number of aromatic nitrogens is 2. The molecule has 0 unspecified atom stereocenters. The van der Waals surface area contributed by atoms with E-state index in [2.05, 4.69) is 15.3 Å². The summed E-state index contributed by atoms with van der Waals surface area (Å²) in [5, 5.41) is 22.5. The van der Waals surface area contributed by atoms with Crippen LogP contribution < -0.4 is 14.8 Å². The molecule has 1 aromatic heterocycles. The van der Waals surface area contributed by atoms with Crippen molar-refractivity contribution < 1.29 is 14.4 Å². The molecule has 0 fully saturated rings. The molecule has 9 nitrogen and oxygen atoms in total. The van der Waals surface area contributed by atoms with Crippen molar-refractivity contribution in [2.24, 2.45) is 0 Å². The number of benzene rings is 1. The van der Waals surface area contributed by atoms with Gasteiger partial charge >= 0.3 is 0 Å². The Labute approximate surface area is 125 Å². The van der Waals surface area contributed by atoms with Crippen molar-refractivity contribution in [1.29, 1.82) is 5.26 Å². The highest BCUT2D eigenvalue weighted by molar-refractivity contribution is 5.82. The number of fused-ring (bicyclic) bond motifs is 1. The van der Waals surface area contributed by atoms with Crippen molar-refractivity contribution in [2.75, 3.05) is 20.8 Å². The predicted octanol–water partition coefficient (Wildman–Crippen LogP) is 1.17. The van der Waals surface area contributed by atoms with Gasteiger partial charge in [0.1, 0.15) is 5.52 Å². The Kier molecular flexibility index (Phi) is 4.65. The third kappa shape index (κ3) is 3.02. The smallest absolute Gasteiger partial charge is 0.278 e. The number of nitro groups is 1. The lowest BCUT2D eigenvalue weighted by Gasteiger charge is -2.10. The van der Waals surface area contributed by atoms with Gasteiger partial charge in [-0.15, -0.1) is 0 Å². The first kappa shape index (κ1) is 15.4. The largest absolute Gasteiger partial charge is 0.477 e. The fourth-order valence-corrected chi connectivity index (χ4v) is 1.94. The topological polar surface area (TPSA) is 123 Å². The van der Waals surface area contributed by atoms with Crippen LogP contribution in [0.2, 0.25) is 0 Å². The number of nitro benzene ring substituents is 1. The van der Waals surface area contributed by atoms with Gasteiger partial charge in [0.15, 0.2) is 0 Å². The van der Waals surface area contributed by atoms with E-state index in [0.717, 1.165) is 0 Å². The third-order valence-corrected chi connectivity index (χ3v) is 2.89. The summed E-state index contributed by atoms with van der Waals surface area (Å²) < 4.78 is 10.2. The van der Waals surface area contributed by atoms with E-state index in [1.807, 2.05) is 6.07 Å². The van der Waals surface area contributed by atoms with E-state index in [1.54, 1.807) is 0 Å². The minimum Gasteiger partial charge on any atom is -0.477 e. The van der Waals surface area contributed by atoms with Gasteiger partial charge in [-0.2, -0.15) is 5.26 Å². The van der Waals surface area contributed by atoms with Crippen LogP contribution >= 0.6 is 0 Å². The van der Waals surface area contributed by atoms with E-state index in [9.17, 15) is 10.1 Å². The first-order chi connectivity index (χ1) is 10.6. The fourth-order valence-electron chi connectivity index (χ4n) is 1.94. The second-order valence-corrected chi connectivity index (χ2v) is 4.23. The van der Waals surface area contributed by atoms with Crippen LogP contribution in [-0.4, -0.2) is 35.7 Å². The zero-order chi connectivity index (χ0) is 16.1. The SMILES string of the molecule is COc1nc2cc([N+](=O)[O-])cc(CNCC#N)c2nc1OC. The Morgan fingerprint density at radius 2 is 2.00 bits per heavy atom. The highest BCUT2D eigenvalue weighted by Crippen LogP contribution is 2.29. The van der Waals surface area contributed by atoms with Crippen LogP contribution in [0.5, 0.6) is 11.8 Å². The molecule has 1 aromatic carbocycles. The zero-order valence-corrected chi connectivity index (χ0v) is 12.0. The highest BCUT2D eigenvalue weighted by Gasteiger charge is 2.17. The van der Waals surface area contributed by atoms with Gasteiger partial charge in [0, 0.05) is 24.2 Å². The van der Waals surface area contributed by atoms with E-state index in [1.165, 1.54) is 26.4 Å². The summed E-state index contributed by atoms with van der Waals surface area (Å²) in [7, 11) is 2.84. The van der Waals surface area contributed by atoms with Crippen molar-refractivity contribution in [3.63, 3.8) is 0 Å². The molecular formula is C13H13N5O4. The lowest BCUT2D eigenvalue weighted by atomic mass is 10.1. The molecular weight excluding hydrogens is 290 g/mol. The molecule has 0 atom stereocenters. The van der Waals surface area contributed by atoms with E-state index in [0.29, 0.717) is 16.6 Å². The standard InChI is InChI=1S/C13H13N5O4/c1-21-12-13(22-2)17-11-8(7-15-4-3-14)5-9(18(19)20)6-10(11)16-12/h5-6,15H,4,7H2,1-2H3. The molecule has 0 aliphatic heterocycles. The van der Waals surface area contributed by atoms with Crippen LogP contribution in [0.25, 0.3) is 11.0 Å². The lowest BCUT2D eigenvalue weighted by Crippen LogP contribution is -2.14. The minimum absolute atomic E-state index is 0.109. The molecule has 9 heteroatoms. The van der Waals surface area contributed by atoms with Gasteiger partial charge < -0.3 is 14.8 Å². The second-order valence-electron chi connectivity index (χ2n) is 4.23. The monoisotopic (exact) mass is 303 g/mol. The average Bonchev–Trinajstić information content (AvgIpc) is 2.53. The molecule has 2 aromatic rings. The Hall–Kier alpha value is -2.99. The summed E-state index contributed by atoms with van der Waals surface area (Å²) >= 11 is 0. The van der Waals surface area contributed by atoms with Crippen molar-refractivity contribution in [3.05, 3.63) is 27.8 Å². The molecule has 0 aliphatic carbocycles. The maximum absolute atomic E-state index is 11.0. The van der Waals surface area contributed by atoms with Crippen LogP contribution in [0.15, 0.2) is 12.1 Å². The van der Waals surface area contributed by atoms with Crippen LogP contribution in [0.3, 0.4) is 0 Å². The van der Waals surface area contributed by atoms with Gasteiger partial charge in [-0.3, -0.25) is 10.1 Å². The first-order valence-electron chi connectivity index (χ1n) is 6.25. The number of rotatable bonds is 6. The van der Waals surface area contributed by atoms with Crippen molar-refractivity contribution in [1.82, 2.24) is 15.3 Å². The Morgan fingerprint density at radius 3 is 2.59 bits per heavy atom. The minimum atomic E-state index is -0.508.